The van der Waals surface area contributed by atoms with Gasteiger partial charge in [-0.25, -0.2) is 14.2 Å². The summed E-state index contributed by atoms with van der Waals surface area (Å²) in [6, 6.07) is 10.4. The number of carbonyl (C=O) groups excluding carboxylic acids is 1. The highest BCUT2D eigenvalue weighted by atomic mass is 19.1. The monoisotopic (exact) mass is 396 g/mol. The van der Waals surface area contributed by atoms with Crippen LogP contribution in [0.15, 0.2) is 54.9 Å². The van der Waals surface area contributed by atoms with Gasteiger partial charge in [-0.3, -0.25) is 0 Å². The molecule has 1 aromatic heterocycles. The molecule has 0 aliphatic carbocycles. The maximum absolute atomic E-state index is 13.8. The number of carbonyl (C=O) groups is 1. The van der Waals surface area contributed by atoms with Gasteiger partial charge in [0.2, 0.25) is 6.79 Å². The smallest absolute Gasteiger partial charge is 0.316 e. The first kappa shape index (κ1) is 18.8. The van der Waals surface area contributed by atoms with Crippen LogP contribution in [0.1, 0.15) is 36.0 Å². The van der Waals surface area contributed by atoms with Gasteiger partial charge in [0.1, 0.15) is 17.7 Å². The number of nitrogens with zero attached hydrogens (tertiary/aromatic N) is 2. The number of fused-ring (bicyclic) bond motifs is 1. The van der Waals surface area contributed by atoms with Gasteiger partial charge in [0, 0.05) is 19.4 Å². The predicted octanol–water partition coefficient (Wildman–Crippen LogP) is 3.44. The Morgan fingerprint density at radius 2 is 1.97 bits per heavy atom. The quantitative estimate of drug-likeness (QED) is 0.693. The third-order valence-corrected chi connectivity index (χ3v) is 4.82. The van der Waals surface area contributed by atoms with Gasteiger partial charge < -0.3 is 24.7 Å². The number of hydrogen-bond donors (Lipinski definition) is 2. The van der Waals surface area contributed by atoms with Gasteiger partial charge in [0.15, 0.2) is 11.5 Å². The molecule has 0 bridgehead atoms. The third-order valence-electron chi connectivity index (χ3n) is 4.82. The number of ether oxygens (including phenoxy) is 2. The predicted molar refractivity (Wildman–Crippen MR) is 104 cm³/mol. The fourth-order valence-electron chi connectivity index (χ4n) is 3.27. The maximum Gasteiger partial charge on any atom is 0.316 e. The van der Waals surface area contributed by atoms with Crippen LogP contribution >= 0.6 is 0 Å². The average molecular weight is 396 g/mol. The number of halogens is 1. The Morgan fingerprint density at radius 3 is 2.72 bits per heavy atom. The van der Waals surface area contributed by atoms with Crippen molar-refractivity contribution in [3.63, 3.8) is 0 Å². The van der Waals surface area contributed by atoms with Crippen molar-refractivity contribution in [2.24, 2.45) is 7.05 Å². The molecule has 4 rings (SSSR count). The van der Waals surface area contributed by atoms with Gasteiger partial charge in [-0.1, -0.05) is 18.2 Å². The van der Waals surface area contributed by atoms with Crippen LogP contribution in [0.5, 0.6) is 11.5 Å². The van der Waals surface area contributed by atoms with E-state index in [4.69, 9.17) is 9.47 Å². The second-order valence-electron chi connectivity index (χ2n) is 6.84. The summed E-state index contributed by atoms with van der Waals surface area (Å²) in [7, 11) is 1.82. The summed E-state index contributed by atoms with van der Waals surface area (Å²) in [6.45, 7) is 2.06. The van der Waals surface area contributed by atoms with Crippen LogP contribution in [0.4, 0.5) is 9.18 Å². The average Bonchev–Trinajstić information content (AvgIpc) is 3.34. The lowest BCUT2D eigenvalue weighted by Crippen LogP contribution is -2.40. The van der Waals surface area contributed by atoms with E-state index in [9.17, 15) is 9.18 Å². The van der Waals surface area contributed by atoms with Gasteiger partial charge in [0.25, 0.3) is 0 Å². The first-order valence-electron chi connectivity index (χ1n) is 9.20. The number of hydrogen-bond acceptors (Lipinski definition) is 4. The topological polar surface area (TPSA) is 77.4 Å². The molecule has 2 atom stereocenters. The number of imidazole rings is 1. The molecule has 3 aromatic rings. The molecule has 0 saturated heterocycles. The summed E-state index contributed by atoms with van der Waals surface area (Å²) in [5.41, 5.74) is 1.48. The highest BCUT2D eigenvalue weighted by molar-refractivity contribution is 5.75. The minimum atomic E-state index is -0.602. The van der Waals surface area contributed by atoms with Gasteiger partial charge in [-0.05, 0) is 42.3 Å². The standard InChI is InChI=1S/C21H21FN4O3/c1-13(14-6-7-17-18(11-14)29-12-28-17)24-21(27)25-19(20-23-8-9-26(20)2)15-4-3-5-16(22)10-15/h3-11,13,19H,12H2,1-2H3,(H2,24,25,27). The summed E-state index contributed by atoms with van der Waals surface area (Å²) in [6.07, 6.45) is 3.41. The molecule has 1 aliphatic rings. The van der Waals surface area contributed by atoms with Crippen molar-refractivity contribution < 1.29 is 18.7 Å². The zero-order chi connectivity index (χ0) is 20.4. The Bertz CT molecular complexity index is 1040. The molecule has 150 valence electrons. The molecular formula is C21H21FN4O3. The van der Waals surface area contributed by atoms with E-state index in [1.807, 2.05) is 32.2 Å². The van der Waals surface area contributed by atoms with E-state index in [-0.39, 0.29) is 18.7 Å². The zero-order valence-corrected chi connectivity index (χ0v) is 16.1. The second-order valence-corrected chi connectivity index (χ2v) is 6.84. The fraction of sp³-hybridized carbons (Fsp3) is 0.238. The molecule has 2 aromatic carbocycles. The highest BCUT2D eigenvalue weighted by Gasteiger charge is 2.23. The van der Waals surface area contributed by atoms with Crippen LogP contribution in [0, 0.1) is 5.82 Å². The Labute approximate surface area is 167 Å². The Hall–Kier alpha value is -3.55. The first-order valence-corrected chi connectivity index (χ1v) is 9.20. The van der Waals surface area contributed by atoms with Gasteiger partial charge in [-0.15, -0.1) is 0 Å². The van der Waals surface area contributed by atoms with Crippen molar-refractivity contribution in [2.45, 2.75) is 19.0 Å². The maximum atomic E-state index is 13.8. The largest absolute Gasteiger partial charge is 0.454 e. The molecule has 0 radical (unpaired) electrons. The molecule has 29 heavy (non-hydrogen) atoms. The van der Waals surface area contributed by atoms with Crippen LogP contribution in [0.2, 0.25) is 0 Å². The molecule has 1 aliphatic heterocycles. The normalized spacial score (nSPS) is 14.3. The molecule has 0 saturated carbocycles. The summed E-state index contributed by atoms with van der Waals surface area (Å²) in [5, 5.41) is 5.81. The van der Waals surface area contributed by atoms with Gasteiger partial charge >= 0.3 is 6.03 Å². The Kier molecular flexibility index (Phi) is 5.07. The van der Waals surface area contributed by atoms with E-state index in [0.29, 0.717) is 22.9 Å². The highest BCUT2D eigenvalue weighted by Crippen LogP contribution is 2.34. The van der Waals surface area contributed by atoms with E-state index < -0.39 is 12.1 Å². The van der Waals surface area contributed by atoms with Crippen LogP contribution in [0.25, 0.3) is 0 Å². The van der Waals surface area contributed by atoms with Crippen LogP contribution in [-0.2, 0) is 7.05 Å². The van der Waals surface area contributed by atoms with Crippen molar-refractivity contribution in [3.8, 4) is 11.5 Å². The van der Waals surface area contributed by atoms with Gasteiger partial charge in [-0.2, -0.15) is 0 Å². The van der Waals surface area contributed by atoms with Crippen LogP contribution < -0.4 is 20.1 Å². The molecule has 2 heterocycles. The lowest BCUT2D eigenvalue weighted by molar-refractivity contribution is 0.174. The van der Waals surface area contributed by atoms with Crippen molar-refractivity contribution in [2.75, 3.05) is 6.79 Å². The lowest BCUT2D eigenvalue weighted by Gasteiger charge is -2.22. The second kappa shape index (κ2) is 7.83. The van der Waals surface area contributed by atoms with Crippen molar-refractivity contribution in [3.05, 3.63) is 77.6 Å². The molecule has 0 fully saturated rings. The minimum absolute atomic E-state index is 0.195. The molecular weight excluding hydrogens is 375 g/mol. The molecule has 8 heteroatoms. The van der Waals surface area contributed by atoms with Crippen molar-refractivity contribution in [1.82, 2.24) is 20.2 Å². The van der Waals surface area contributed by atoms with Gasteiger partial charge in [0.05, 0.1) is 6.04 Å². The zero-order valence-electron chi connectivity index (χ0n) is 16.1. The first-order chi connectivity index (χ1) is 14.0. The van der Waals surface area contributed by atoms with E-state index in [2.05, 4.69) is 15.6 Å². The van der Waals surface area contributed by atoms with Crippen LogP contribution in [-0.4, -0.2) is 22.4 Å². The van der Waals surface area contributed by atoms with Crippen LogP contribution in [0.3, 0.4) is 0 Å². The summed E-state index contributed by atoms with van der Waals surface area (Å²) < 4.78 is 26.3. The van der Waals surface area contributed by atoms with E-state index >= 15 is 0 Å². The number of urea groups is 1. The van der Waals surface area contributed by atoms with Crippen molar-refractivity contribution in [1.29, 1.82) is 0 Å². The summed E-state index contributed by atoms with van der Waals surface area (Å²) in [5.74, 6) is 1.56. The van der Waals surface area contributed by atoms with E-state index in [1.54, 1.807) is 29.1 Å². The Morgan fingerprint density at radius 1 is 1.14 bits per heavy atom. The summed E-state index contributed by atoms with van der Waals surface area (Å²) in [4.78, 5) is 17.0. The Balaban J connectivity index is 1.51. The summed E-state index contributed by atoms with van der Waals surface area (Å²) >= 11 is 0. The molecule has 2 unspecified atom stereocenters. The third kappa shape index (κ3) is 4.01. The minimum Gasteiger partial charge on any atom is -0.454 e. The molecule has 0 spiro atoms. The number of rotatable bonds is 5. The van der Waals surface area contributed by atoms with E-state index in [1.165, 1.54) is 12.1 Å². The number of benzene rings is 2. The van der Waals surface area contributed by atoms with Crippen molar-refractivity contribution >= 4 is 6.03 Å². The SMILES string of the molecule is CC(NC(=O)NC(c1cccc(F)c1)c1nccn1C)c1ccc2c(c1)OCO2. The number of aryl methyl sites for hydroxylation is 1. The molecule has 2 amide bonds. The molecule has 7 nitrogen and oxygen atoms in total. The van der Waals surface area contributed by atoms with E-state index in [0.717, 1.165) is 5.56 Å². The molecule has 2 N–H and O–H groups in total. The number of aromatic nitrogens is 2. The fourth-order valence-corrected chi connectivity index (χ4v) is 3.27. The number of amides is 2. The lowest BCUT2D eigenvalue weighted by atomic mass is 10.1. The number of nitrogens with one attached hydrogen (secondary N) is 2.